The smallest absolute Gasteiger partial charge is 0.137 e. The van der Waals surface area contributed by atoms with Gasteiger partial charge in [0.25, 0.3) is 0 Å². The van der Waals surface area contributed by atoms with Crippen molar-refractivity contribution in [2.75, 3.05) is 5.73 Å². The predicted molar refractivity (Wildman–Crippen MR) is 77.5 cm³/mol. The Morgan fingerprint density at radius 1 is 1.22 bits per heavy atom. The van der Waals surface area contributed by atoms with Crippen molar-refractivity contribution in [1.29, 1.82) is 0 Å². The van der Waals surface area contributed by atoms with E-state index in [-0.39, 0.29) is 0 Å². The topological polar surface area (TPSA) is 43.3 Å². The Hall–Kier alpha value is -1.81. The zero-order valence-electron chi connectivity index (χ0n) is 9.89. The summed E-state index contributed by atoms with van der Waals surface area (Å²) in [6.07, 6.45) is 1.90. The Balaban J connectivity index is 2.27. The van der Waals surface area contributed by atoms with Crippen molar-refractivity contribution in [1.82, 2.24) is 9.38 Å². The molecule has 2 N–H and O–H groups in total. The molecule has 4 heteroatoms. The molecule has 0 fully saturated rings. The second-order valence-corrected chi connectivity index (χ2v) is 5.16. The molecular formula is C14H12BrN3. The molecule has 0 aliphatic rings. The summed E-state index contributed by atoms with van der Waals surface area (Å²) >= 11 is 3.48. The van der Waals surface area contributed by atoms with E-state index in [2.05, 4.69) is 40.0 Å². The Morgan fingerprint density at radius 3 is 2.83 bits per heavy atom. The number of pyridine rings is 1. The summed E-state index contributed by atoms with van der Waals surface area (Å²) < 4.78 is 3.07. The standard InChI is InChI=1S/C14H12BrN3/c1-9-14(10-3-2-4-11(15)7-10)17-13-6-5-12(16)8-18(9)13/h2-8H,16H2,1H3. The highest BCUT2D eigenvalue weighted by molar-refractivity contribution is 9.10. The maximum atomic E-state index is 5.81. The minimum atomic E-state index is 0.740. The van der Waals surface area contributed by atoms with Crippen LogP contribution in [0, 0.1) is 6.92 Å². The third-order valence-corrected chi connectivity index (χ3v) is 3.47. The van der Waals surface area contributed by atoms with Crippen LogP contribution in [0.15, 0.2) is 47.1 Å². The first-order chi connectivity index (χ1) is 8.65. The second-order valence-electron chi connectivity index (χ2n) is 4.25. The Bertz CT molecular complexity index is 731. The lowest BCUT2D eigenvalue weighted by molar-refractivity contribution is 1.11. The number of halogens is 1. The minimum absolute atomic E-state index is 0.740. The number of rotatable bonds is 1. The van der Waals surface area contributed by atoms with Gasteiger partial charge >= 0.3 is 0 Å². The Kier molecular flexibility index (Phi) is 2.59. The lowest BCUT2D eigenvalue weighted by atomic mass is 10.1. The average Bonchev–Trinajstić information content (AvgIpc) is 2.67. The van der Waals surface area contributed by atoms with Crippen LogP contribution in [0.4, 0.5) is 5.69 Å². The molecule has 0 saturated heterocycles. The van der Waals surface area contributed by atoms with Gasteiger partial charge in [-0.2, -0.15) is 0 Å². The fraction of sp³-hybridized carbons (Fsp3) is 0.0714. The van der Waals surface area contributed by atoms with Crippen LogP contribution in [0.1, 0.15) is 5.69 Å². The summed E-state index contributed by atoms with van der Waals surface area (Å²) in [5.74, 6) is 0. The molecule has 18 heavy (non-hydrogen) atoms. The summed E-state index contributed by atoms with van der Waals surface area (Å²) in [4.78, 5) is 4.65. The molecular weight excluding hydrogens is 290 g/mol. The zero-order valence-corrected chi connectivity index (χ0v) is 11.5. The molecule has 3 nitrogen and oxygen atoms in total. The highest BCUT2D eigenvalue weighted by atomic mass is 79.9. The van der Waals surface area contributed by atoms with Gasteiger partial charge in [0.15, 0.2) is 0 Å². The van der Waals surface area contributed by atoms with E-state index in [9.17, 15) is 0 Å². The minimum Gasteiger partial charge on any atom is -0.398 e. The van der Waals surface area contributed by atoms with E-state index in [1.54, 1.807) is 0 Å². The lowest BCUT2D eigenvalue weighted by Crippen LogP contribution is -1.91. The van der Waals surface area contributed by atoms with E-state index in [1.807, 2.05) is 34.9 Å². The third-order valence-electron chi connectivity index (χ3n) is 2.98. The average molecular weight is 302 g/mol. The summed E-state index contributed by atoms with van der Waals surface area (Å²) in [7, 11) is 0. The van der Waals surface area contributed by atoms with Crippen LogP contribution in [0.3, 0.4) is 0 Å². The van der Waals surface area contributed by atoms with Gasteiger partial charge in [-0.3, -0.25) is 0 Å². The largest absolute Gasteiger partial charge is 0.398 e. The van der Waals surface area contributed by atoms with Crippen molar-refractivity contribution in [3.05, 3.63) is 52.8 Å². The molecule has 0 spiro atoms. The molecule has 0 unspecified atom stereocenters. The first-order valence-corrected chi connectivity index (χ1v) is 6.44. The lowest BCUT2D eigenvalue weighted by Gasteiger charge is -2.00. The van der Waals surface area contributed by atoms with Crippen LogP contribution >= 0.6 is 15.9 Å². The molecule has 1 aromatic carbocycles. The van der Waals surface area contributed by atoms with E-state index in [0.29, 0.717) is 0 Å². The predicted octanol–water partition coefficient (Wildman–Crippen LogP) is 3.65. The number of hydrogen-bond acceptors (Lipinski definition) is 2. The second kappa shape index (κ2) is 4.14. The molecule has 0 radical (unpaired) electrons. The summed E-state index contributed by atoms with van der Waals surface area (Å²) in [5, 5.41) is 0. The number of nitrogens with zero attached hydrogens (tertiary/aromatic N) is 2. The number of aryl methyl sites for hydroxylation is 1. The molecule has 0 aliphatic carbocycles. The molecule has 2 aromatic heterocycles. The third kappa shape index (κ3) is 1.78. The van der Waals surface area contributed by atoms with Crippen LogP contribution in [0.5, 0.6) is 0 Å². The molecule has 0 amide bonds. The Morgan fingerprint density at radius 2 is 2.06 bits per heavy atom. The van der Waals surface area contributed by atoms with Gasteiger partial charge in [-0.1, -0.05) is 28.1 Å². The van der Waals surface area contributed by atoms with Crippen molar-refractivity contribution in [3.8, 4) is 11.3 Å². The highest BCUT2D eigenvalue weighted by Crippen LogP contribution is 2.26. The molecule has 0 atom stereocenters. The molecule has 3 rings (SSSR count). The SMILES string of the molecule is Cc1c(-c2cccc(Br)c2)nc2ccc(N)cn12. The van der Waals surface area contributed by atoms with E-state index in [1.165, 1.54) is 0 Å². The first kappa shape index (κ1) is 11.3. The van der Waals surface area contributed by atoms with Crippen molar-refractivity contribution in [2.45, 2.75) is 6.92 Å². The maximum Gasteiger partial charge on any atom is 0.137 e. The van der Waals surface area contributed by atoms with Gasteiger partial charge in [-0.25, -0.2) is 4.98 Å². The molecule has 0 bridgehead atoms. The van der Waals surface area contributed by atoms with E-state index in [0.717, 1.165) is 32.8 Å². The fourth-order valence-corrected chi connectivity index (χ4v) is 2.49. The molecule has 0 saturated carbocycles. The number of hydrogen-bond donors (Lipinski definition) is 1. The van der Waals surface area contributed by atoms with Crippen molar-refractivity contribution in [3.63, 3.8) is 0 Å². The van der Waals surface area contributed by atoms with E-state index >= 15 is 0 Å². The van der Waals surface area contributed by atoms with Crippen LogP contribution in [-0.4, -0.2) is 9.38 Å². The highest BCUT2D eigenvalue weighted by Gasteiger charge is 2.10. The van der Waals surface area contributed by atoms with E-state index in [4.69, 9.17) is 5.73 Å². The quantitative estimate of drug-likeness (QED) is 0.745. The molecule has 0 aliphatic heterocycles. The number of nitrogen functional groups attached to an aromatic ring is 1. The summed E-state index contributed by atoms with van der Waals surface area (Å²) in [6, 6.07) is 11.9. The normalized spacial score (nSPS) is 11.0. The van der Waals surface area contributed by atoms with E-state index < -0.39 is 0 Å². The molecule has 3 aromatic rings. The summed E-state index contributed by atoms with van der Waals surface area (Å²) in [5.41, 5.74) is 10.6. The number of benzene rings is 1. The van der Waals surface area contributed by atoms with Gasteiger partial charge in [0, 0.05) is 27.6 Å². The van der Waals surface area contributed by atoms with Gasteiger partial charge in [0.05, 0.1) is 5.69 Å². The maximum absolute atomic E-state index is 5.81. The van der Waals surface area contributed by atoms with Gasteiger partial charge in [-0.15, -0.1) is 0 Å². The summed E-state index contributed by atoms with van der Waals surface area (Å²) in [6.45, 7) is 2.05. The monoisotopic (exact) mass is 301 g/mol. The van der Waals surface area contributed by atoms with Crippen molar-refractivity contribution in [2.24, 2.45) is 0 Å². The van der Waals surface area contributed by atoms with Gasteiger partial charge in [0.2, 0.25) is 0 Å². The zero-order chi connectivity index (χ0) is 12.7. The van der Waals surface area contributed by atoms with Gasteiger partial charge < -0.3 is 10.1 Å². The van der Waals surface area contributed by atoms with Gasteiger partial charge in [-0.05, 0) is 31.2 Å². The van der Waals surface area contributed by atoms with Crippen LogP contribution in [0.25, 0.3) is 16.9 Å². The number of imidazole rings is 1. The van der Waals surface area contributed by atoms with Crippen LogP contribution in [-0.2, 0) is 0 Å². The first-order valence-electron chi connectivity index (χ1n) is 5.65. The number of anilines is 1. The van der Waals surface area contributed by atoms with Crippen molar-refractivity contribution < 1.29 is 0 Å². The van der Waals surface area contributed by atoms with Gasteiger partial charge in [0.1, 0.15) is 5.65 Å². The van der Waals surface area contributed by atoms with Crippen molar-refractivity contribution >= 4 is 27.3 Å². The molecule has 90 valence electrons. The Labute approximate surface area is 113 Å². The number of aromatic nitrogens is 2. The number of fused-ring (bicyclic) bond motifs is 1. The number of nitrogens with two attached hydrogens (primary N) is 1. The molecule has 2 heterocycles. The van der Waals surface area contributed by atoms with Crippen LogP contribution < -0.4 is 5.73 Å². The van der Waals surface area contributed by atoms with Crippen LogP contribution in [0.2, 0.25) is 0 Å². The fourth-order valence-electron chi connectivity index (χ4n) is 2.09.